The van der Waals surface area contributed by atoms with Crippen molar-refractivity contribution in [2.24, 2.45) is 0 Å². The van der Waals surface area contributed by atoms with E-state index >= 15 is 0 Å². The average Bonchev–Trinajstić information content (AvgIpc) is 2.01. The number of aliphatic carboxylic acids is 1. The van der Waals surface area contributed by atoms with Crippen LogP contribution in [-0.2, 0) is 4.79 Å². The van der Waals surface area contributed by atoms with Gasteiger partial charge in [-0.05, 0) is 0 Å². The Morgan fingerprint density at radius 1 is 1.29 bits per heavy atom. The number of carbonyl (C=O) groups is 2. The highest BCUT2D eigenvalue weighted by molar-refractivity contribution is 6.40. The summed E-state index contributed by atoms with van der Waals surface area (Å²) < 4.78 is 0. The van der Waals surface area contributed by atoms with E-state index in [1.54, 1.807) is 0 Å². The second-order valence-electron chi connectivity index (χ2n) is 2.47. The molecule has 0 aliphatic heterocycles. The van der Waals surface area contributed by atoms with Gasteiger partial charge in [0.2, 0.25) is 0 Å². The van der Waals surface area contributed by atoms with Crippen LogP contribution >= 0.6 is 23.2 Å². The van der Waals surface area contributed by atoms with Crippen molar-refractivity contribution in [1.82, 2.24) is 4.98 Å². The number of pyridine rings is 1. The van der Waals surface area contributed by atoms with E-state index in [9.17, 15) is 9.59 Å². The number of ketones is 1. The van der Waals surface area contributed by atoms with E-state index in [2.05, 4.69) is 4.98 Å². The van der Waals surface area contributed by atoms with Crippen LogP contribution in [0.4, 0.5) is 0 Å². The van der Waals surface area contributed by atoms with Crippen LogP contribution in [0.2, 0.25) is 10.0 Å². The lowest BCUT2D eigenvalue weighted by molar-refractivity contribution is -0.135. The number of halogens is 2. The smallest absolute Gasteiger partial charge is 0.311 e. The third-order valence-electron chi connectivity index (χ3n) is 1.44. The van der Waals surface area contributed by atoms with Gasteiger partial charge in [-0.2, -0.15) is 0 Å². The Kier molecular flexibility index (Phi) is 3.43. The molecule has 74 valence electrons. The van der Waals surface area contributed by atoms with Gasteiger partial charge in [-0.25, -0.2) is 0 Å². The maximum Gasteiger partial charge on any atom is 0.311 e. The Hall–Kier alpha value is -1.13. The van der Waals surface area contributed by atoms with Crippen molar-refractivity contribution in [1.29, 1.82) is 0 Å². The SMILES string of the molecule is O=C(O)CC(=O)c1c(Cl)cncc1Cl. The highest BCUT2D eigenvalue weighted by Gasteiger charge is 2.17. The molecule has 0 radical (unpaired) electrons. The Morgan fingerprint density at radius 2 is 1.79 bits per heavy atom. The second kappa shape index (κ2) is 4.39. The van der Waals surface area contributed by atoms with Crippen molar-refractivity contribution in [3.63, 3.8) is 0 Å². The van der Waals surface area contributed by atoms with Crippen molar-refractivity contribution in [3.8, 4) is 0 Å². The quantitative estimate of drug-likeness (QED) is 0.641. The first-order chi connectivity index (χ1) is 6.52. The Morgan fingerprint density at radius 3 is 2.21 bits per heavy atom. The standard InChI is InChI=1S/C8H5Cl2NO3/c9-4-2-11-3-5(10)8(4)6(12)1-7(13)14/h2-3H,1H2,(H,13,14). The molecule has 0 aliphatic rings. The number of rotatable bonds is 3. The molecule has 0 atom stereocenters. The van der Waals surface area contributed by atoms with Crippen LogP contribution in [0.25, 0.3) is 0 Å². The van der Waals surface area contributed by atoms with Gasteiger partial charge in [0.15, 0.2) is 5.78 Å². The molecule has 0 spiro atoms. The average molecular weight is 234 g/mol. The fourth-order valence-electron chi connectivity index (χ4n) is 0.903. The molecule has 0 unspecified atom stereocenters. The number of carbonyl (C=O) groups excluding carboxylic acids is 1. The van der Waals surface area contributed by atoms with E-state index < -0.39 is 18.2 Å². The molecule has 14 heavy (non-hydrogen) atoms. The number of hydrogen-bond donors (Lipinski definition) is 1. The van der Waals surface area contributed by atoms with Gasteiger partial charge in [-0.15, -0.1) is 0 Å². The topological polar surface area (TPSA) is 67.3 Å². The first kappa shape index (κ1) is 10.9. The van der Waals surface area contributed by atoms with Gasteiger partial charge in [-0.3, -0.25) is 14.6 Å². The Balaban J connectivity index is 3.06. The molecule has 0 saturated carbocycles. The fourth-order valence-corrected chi connectivity index (χ4v) is 1.48. The first-order valence-electron chi connectivity index (χ1n) is 3.56. The molecule has 1 heterocycles. The molecule has 0 fully saturated rings. The van der Waals surface area contributed by atoms with Gasteiger partial charge in [0, 0.05) is 12.4 Å². The molecule has 0 saturated heterocycles. The number of Topliss-reactive ketones (excluding diaryl/α,β-unsaturated/α-hetero) is 1. The minimum atomic E-state index is -1.22. The van der Waals surface area contributed by atoms with Crippen LogP contribution in [0, 0.1) is 0 Å². The highest BCUT2D eigenvalue weighted by atomic mass is 35.5. The van der Waals surface area contributed by atoms with Gasteiger partial charge in [0.25, 0.3) is 0 Å². The predicted octanol–water partition coefficient (Wildman–Crippen LogP) is 2.05. The molecule has 4 nitrogen and oxygen atoms in total. The van der Waals surface area contributed by atoms with E-state index in [-0.39, 0.29) is 15.6 Å². The summed E-state index contributed by atoms with van der Waals surface area (Å²) in [5.74, 6) is -1.85. The van der Waals surface area contributed by atoms with Crippen LogP contribution < -0.4 is 0 Å². The minimum Gasteiger partial charge on any atom is -0.481 e. The van der Waals surface area contributed by atoms with Crippen LogP contribution in [-0.4, -0.2) is 21.8 Å². The fraction of sp³-hybridized carbons (Fsp3) is 0.125. The summed E-state index contributed by atoms with van der Waals surface area (Å²) in [4.78, 5) is 25.2. The molecule has 0 amide bonds. The van der Waals surface area contributed by atoms with Gasteiger partial charge >= 0.3 is 5.97 Å². The van der Waals surface area contributed by atoms with Crippen molar-refractivity contribution in [2.45, 2.75) is 6.42 Å². The molecule has 1 aromatic heterocycles. The highest BCUT2D eigenvalue weighted by Crippen LogP contribution is 2.24. The summed E-state index contributed by atoms with van der Waals surface area (Å²) in [7, 11) is 0. The van der Waals surface area contributed by atoms with E-state index in [0.717, 1.165) is 0 Å². The number of carboxylic acids is 1. The Labute approximate surface area is 89.5 Å². The van der Waals surface area contributed by atoms with Crippen molar-refractivity contribution in [3.05, 3.63) is 28.0 Å². The van der Waals surface area contributed by atoms with Crippen molar-refractivity contribution < 1.29 is 14.7 Å². The summed E-state index contributed by atoms with van der Waals surface area (Å²) in [6.07, 6.45) is 1.84. The zero-order valence-electron chi connectivity index (χ0n) is 6.83. The first-order valence-corrected chi connectivity index (χ1v) is 4.32. The van der Waals surface area contributed by atoms with E-state index in [1.807, 2.05) is 0 Å². The van der Waals surface area contributed by atoms with Crippen LogP contribution in [0.15, 0.2) is 12.4 Å². The van der Waals surface area contributed by atoms with Crippen LogP contribution in [0.3, 0.4) is 0 Å². The number of carboxylic acid groups (broad SMARTS) is 1. The third-order valence-corrected chi connectivity index (χ3v) is 2.02. The zero-order valence-corrected chi connectivity index (χ0v) is 8.34. The summed E-state index contributed by atoms with van der Waals surface area (Å²) in [6, 6.07) is 0. The van der Waals surface area contributed by atoms with E-state index in [1.165, 1.54) is 12.4 Å². The molecule has 6 heteroatoms. The predicted molar refractivity (Wildman–Crippen MR) is 50.8 cm³/mol. The Bertz CT molecular complexity index is 372. The minimum absolute atomic E-state index is 0.00531. The van der Waals surface area contributed by atoms with Crippen LogP contribution in [0.1, 0.15) is 16.8 Å². The number of nitrogens with zero attached hydrogens (tertiary/aromatic N) is 1. The van der Waals surface area contributed by atoms with Crippen molar-refractivity contribution >= 4 is 35.0 Å². The van der Waals surface area contributed by atoms with Gasteiger partial charge < -0.3 is 5.11 Å². The number of hydrogen-bond acceptors (Lipinski definition) is 3. The largest absolute Gasteiger partial charge is 0.481 e. The van der Waals surface area contributed by atoms with Gasteiger partial charge in [0.05, 0.1) is 15.6 Å². The third kappa shape index (κ3) is 2.43. The zero-order chi connectivity index (χ0) is 10.7. The lowest BCUT2D eigenvalue weighted by Crippen LogP contribution is -2.08. The maximum absolute atomic E-state index is 11.3. The normalized spacial score (nSPS) is 9.86. The van der Waals surface area contributed by atoms with Gasteiger partial charge in [-0.1, -0.05) is 23.2 Å². The number of aromatic nitrogens is 1. The summed E-state index contributed by atoms with van der Waals surface area (Å²) in [5, 5.41) is 8.52. The summed E-state index contributed by atoms with van der Waals surface area (Å²) in [5.41, 5.74) is 0.00531. The molecule has 1 aromatic rings. The lowest BCUT2D eigenvalue weighted by Gasteiger charge is -2.02. The second-order valence-corrected chi connectivity index (χ2v) is 3.29. The molecular weight excluding hydrogens is 229 g/mol. The van der Waals surface area contributed by atoms with E-state index in [4.69, 9.17) is 28.3 Å². The summed E-state index contributed by atoms with van der Waals surface area (Å²) in [6.45, 7) is 0. The van der Waals surface area contributed by atoms with E-state index in [0.29, 0.717) is 0 Å². The summed E-state index contributed by atoms with van der Waals surface area (Å²) >= 11 is 11.3. The van der Waals surface area contributed by atoms with Crippen molar-refractivity contribution in [2.75, 3.05) is 0 Å². The van der Waals surface area contributed by atoms with Gasteiger partial charge in [0.1, 0.15) is 6.42 Å². The molecule has 0 aliphatic carbocycles. The molecule has 1 N–H and O–H groups in total. The van der Waals surface area contributed by atoms with Crippen LogP contribution in [0.5, 0.6) is 0 Å². The molecular formula is C8H5Cl2NO3. The lowest BCUT2D eigenvalue weighted by atomic mass is 10.1. The molecule has 0 aromatic carbocycles. The molecule has 1 rings (SSSR count). The monoisotopic (exact) mass is 233 g/mol. The maximum atomic E-state index is 11.3. The molecule has 0 bridgehead atoms.